The Hall–Kier alpha value is -0.850. The lowest BCUT2D eigenvalue weighted by molar-refractivity contribution is 0.185. The van der Waals surface area contributed by atoms with Crippen LogP contribution >= 0.6 is 27.7 Å². The van der Waals surface area contributed by atoms with E-state index in [1.165, 1.54) is 17.9 Å². The maximum absolute atomic E-state index is 5.43. The Labute approximate surface area is 137 Å². The van der Waals surface area contributed by atoms with Crippen molar-refractivity contribution in [1.82, 2.24) is 15.0 Å². The molecule has 0 radical (unpaired) electrons. The molecule has 112 valence electrons. The first-order valence-electron chi connectivity index (χ1n) is 7.13. The van der Waals surface area contributed by atoms with Crippen LogP contribution in [0.1, 0.15) is 19.2 Å². The molecular weight excluding hydrogens is 350 g/mol. The molecule has 6 heteroatoms. The number of aromatic nitrogens is 2. The molecule has 1 saturated heterocycles. The predicted octanol–water partition coefficient (Wildman–Crippen LogP) is 3.83. The van der Waals surface area contributed by atoms with Gasteiger partial charge in [-0.05, 0) is 31.2 Å². The molecule has 0 amide bonds. The van der Waals surface area contributed by atoms with Gasteiger partial charge in [0.2, 0.25) is 11.7 Å². The van der Waals surface area contributed by atoms with Gasteiger partial charge in [0.15, 0.2) is 0 Å². The first-order chi connectivity index (χ1) is 10.2. The zero-order chi connectivity index (χ0) is 14.7. The van der Waals surface area contributed by atoms with Gasteiger partial charge in [0.05, 0.1) is 6.54 Å². The van der Waals surface area contributed by atoms with Crippen LogP contribution in [-0.4, -0.2) is 39.1 Å². The molecule has 0 bridgehead atoms. The quantitative estimate of drug-likeness (QED) is 0.824. The standard InChI is InChI=1S/C15H18BrN3OS/c1-11-5-7-21-8-6-19(11)10-14-17-15(18-20-14)12-3-2-4-13(16)9-12/h2-4,9,11H,5-8,10H2,1H3/t11-/m0/s1. The molecule has 2 heterocycles. The lowest BCUT2D eigenvalue weighted by Crippen LogP contribution is -2.33. The van der Waals surface area contributed by atoms with Crippen LogP contribution < -0.4 is 0 Å². The summed E-state index contributed by atoms with van der Waals surface area (Å²) >= 11 is 5.49. The smallest absolute Gasteiger partial charge is 0.241 e. The number of hydrogen-bond acceptors (Lipinski definition) is 5. The minimum atomic E-state index is 0.571. The molecule has 1 aromatic carbocycles. The summed E-state index contributed by atoms with van der Waals surface area (Å²) in [5.41, 5.74) is 0.971. The van der Waals surface area contributed by atoms with E-state index in [9.17, 15) is 0 Å². The largest absolute Gasteiger partial charge is 0.338 e. The van der Waals surface area contributed by atoms with Crippen molar-refractivity contribution in [3.05, 3.63) is 34.6 Å². The third kappa shape index (κ3) is 3.87. The molecule has 2 aromatic rings. The summed E-state index contributed by atoms with van der Waals surface area (Å²) in [6, 6.07) is 8.52. The molecule has 1 aliphatic heterocycles. The molecule has 0 saturated carbocycles. The summed E-state index contributed by atoms with van der Waals surface area (Å²) in [6.45, 7) is 4.10. The number of thioether (sulfide) groups is 1. The summed E-state index contributed by atoms with van der Waals surface area (Å²) in [6.07, 6.45) is 1.22. The number of benzene rings is 1. The summed E-state index contributed by atoms with van der Waals surface area (Å²) in [5.74, 6) is 3.77. The van der Waals surface area contributed by atoms with Gasteiger partial charge in [-0.15, -0.1) is 0 Å². The zero-order valence-electron chi connectivity index (χ0n) is 12.0. The molecule has 0 N–H and O–H groups in total. The number of halogens is 1. The fraction of sp³-hybridized carbons (Fsp3) is 0.467. The van der Waals surface area contributed by atoms with Crippen molar-refractivity contribution in [2.45, 2.75) is 25.9 Å². The Bertz CT molecular complexity index is 604. The average Bonchev–Trinajstić information content (AvgIpc) is 2.85. The SMILES string of the molecule is C[C@H]1CCSCCN1Cc1nc(-c2cccc(Br)c2)no1. The van der Waals surface area contributed by atoms with Gasteiger partial charge >= 0.3 is 0 Å². The van der Waals surface area contributed by atoms with E-state index in [4.69, 9.17) is 4.52 Å². The Morgan fingerprint density at radius 1 is 1.43 bits per heavy atom. The zero-order valence-corrected chi connectivity index (χ0v) is 14.4. The van der Waals surface area contributed by atoms with Crippen LogP contribution in [0.3, 0.4) is 0 Å². The highest BCUT2D eigenvalue weighted by Crippen LogP contribution is 2.22. The topological polar surface area (TPSA) is 42.2 Å². The maximum Gasteiger partial charge on any atom is 0.241 e. The van der Waals surface area contributed by atoms with Gasteiger partial charge in [-0.25, -0.2) is 0 Å². The van der Waals surface area contributed by atoms with Crippen molar-refractivity contribution in [3.8, 4) is 11.4 Å². The van der Waals surface area contributed by atoms with Crippen LogP contribution in [0.4, 0.5) is 0 Å². The molecule has 21 heavy (non-hydrogen) atoms. The van der Waals surface area contributed by atoms with E-state index in [-0.39, 0.29) is 0 Å². The Morgan fingerprint density at radius 3 is 3.19 bits per heavy atom. The lowest BCUT2D eigenvalue weighted by atomic mass is 10.2. The summed E-state index contributed by atoms with van der Waals surface area (Å²) in [4.78, 5) is 6.96. The summed E-state index contributed by atoms with van der Waals surface area (Å²) in [7, 11) is 0. The Morgan fingerprint density at radius 2 is 2.33 bits per heavy atom. The molecule has 0 unspecified atom stereocenters. The molecular formula is C15H18BrN3OS. The van der Waals surface area contributed by atoms with E-state index in [0.717, 1.165) is 23.1 Å². The van der Waals surface area contributed by atoms with E-state index < -0.39 is 0 Å². The van der Waals surface area contributed by atoms with Crippen molar-refractivity contribution >= 4 is 27.7 Å². The van der Waals surface area contributed by atoms with Crippen molar-refractivity contribution in [2.24, 2.45) is 0 Å². The van der Waals surface area contributed by atoms with Crippen LogP contribution in [0.25, 0.3) is 11.4 Å². The van der Waals surface area contributed by atoms with Crippen LogP contribution in [0, 0.1) is 0 Å². The van der Waals surface area contributed by atoms with Crippen molar-refractivity contribution in [2.75, 3.05) is 18.1 Å². The molecule has 1 fully saturated rings. The fourth-order valence-electron chi connectivity index (χ4n) is 2.41. The second kappa shape index (κ2) is 6.94. The number of nitrogens with zero attached hydrogens (tertiary/aromatic N) is 3. The highest BCUT2D eigenvalue weighted by Gasteiger charge is 2.20. The molecule has 4 nitrogen and oxygen atoms in total. The number of hydrogen-bond donors (Lipinski definition) is 0. The van der Waals surface area contributed by atoms with Crippen molar-refractivity contribution in [1.29, 1.82) is 0 Å². The van der Waals surface area contributed by atoms with E-state index in [1.54, 1.807) is 0 Å². The predicted molar refractivity (Wildman–Crippen MR) is 89.2 cm³/mol. The van der Waals surface area contributed by atoms with E-state index in [2.05, 4.69) is 37.9 Å². The molecule has 1 aliphatic rings. The normalized spacial score (nSPS) is 20.4. The van der Waals surface area contributed by atoms with Gasteiger partial charge in [-0.1, -0.05) is 33.2 Å². The molecule has 0 spiro atoms. The third-order valence-corrected chi connectivity index (χ3v) is 5.20. The van der Waals surface area contributed by atoms with Crippen molar-refractivity contribution < 1.29 is 4.52 Å². The first-order valence-corrected chi connectivity index (χ1v) is 9.07. The van der Waals surface area contributed by atoms with E-state index in [1.807, 2.05) is 36.0 Å². The van der Waals surface area contributed by atoms with E-state index >= 15 is 0 Å². The summed E-state index contributed by atoms with van der Waals surface area (Å²) < 4.78 is 6.44. The lowest BCUT2D eigenvalue weighted by Gasteiger charge is -2.24. The van der Waals surface area contributed by atoms with Crippen LogP contribution in [0.15, 0.2) is 33.3 Å². The minimum Gasteiger partial charge on any atom is -0.338 e. The highest BCUT2D eigenvalue weighted by molar-refractivity contribution is 9.10. The van der Waals surface area contributed by atoms with Gasteiger partial charge in [0, 0.05) is 28.4 Å². The average molecular weight is 368 g/mol. The molecule has 3 rings (SSSR count). The van der Waals surface area contributed by atoms with Crippen LogP contribution in [-0.2, 0) is 6.54 Å². The number of rotatable bonds is 3. The van der Waals surface area contributed by atoms with Gasteiger partial charge in [-0.2, -0.15) is 16.7 Å². The third-order valence-electron chi connectivity index (χ3n) is 3.72. The van der Waals surface area contributed by atoms with Crippen LogP contribution in [0.5, 0.6) is 0 Å². The highest BCUT2D eigenvalue weighted by atomic mass is 79.9. The fourth-order valence-corrected chi connectivity index (χ4v) is 3.89. The Kier molecular flexibility index (Phi) is 4.98. The second-order valence-corrected chi connectivity index (χ2v) is 7.38. The van der Waals surface area contributed by atoms with Crippen molar-refractivity contribution in [3.63, 3.8) is 0 Å². The maximum atomic E-state index is 5.43. The second-order valence-electron chi connectivity index (χ2n) is 5.24. The van der Waals surface area contributed by atoms with Gasteiger partial charge in [0.25, 0.3) is 0 Å². The van der Waals surface area contributed by atoms with Gasteiger partial charge in [0.1, 0.15) is 0 Å². The first kappa shape index (κ1) is 15.1. The molecule has 0 aliphatic carbocycles. The molecule has 1 atom stereocenters. The van der Waals surface area contributed by atoms with Gasteiger partial charge < -0.3 is 4.52 Å². The monoisotopic (exact) mass is 367 g/mol. The Balaban J connectivity index is 1.72. The van der Waals surface area contributed by atoms with Gasteiger partial charge in [-0.3, -0.25) is 4.90 Å². The van der Waals surface area contributed by atoms with Crippen LogP contribution in [0.2, 0.25) is 0 Å². The molecule has 1 aromatic heterocycles. The van der Waals surface area contributed by atoms with E-state index in [0.29, 0.717) is 17.8 Å². The summed E-state index contributed by atoms with van der Waals surface area (Å²) in [5, 5.41) is 4.10. The minimum absolute atomic E-state index is 0.571.